The molecular weight excluding hydrogens is 502 g/mol. The third-order valence-corrected chi connectivity index (χ3v) is 7.46. The molecule has 0 saturated heterocycles. The number of nitrogens with two attached hydrogens (primary N) is 1. The Kier molecular flexibility index (Phi) is 8.84. The summed E-state index contributed by atoms with van der Waals surface area (Å²) in [5.41, 5.74) is 3.96. The zero-order chi connectivity index (χ0) is 29.2. The monoisotopic (exact) mass is 539 g/mol. The summed E-state index contributed by atoms with van der Waals surface area (Å²) in [6, 6.07) is 2.57. The number of likely N-dealkylation sites (N-methyl/N-ethyl adjacent to an activating group) is 1. The molecule has 3 rings (SSSR count). The van der Waals surface area contributed by atoms with E-state index in [9.17, 15) is 29.7 Å². The lowest BCUT2D eigenvalue weighted by Gasteiger charge is -2.49. The van der Waals surface area contributed by atoms with Gasteiger partial charge in [0.05, 0.1) is 18.8 Å². The van der Waals surface area contributed by atoms with Gasteiger partial charge in [-0.3, -0.25) is 19.3 Å². The van der Waals surface area contributed by atoms with Crippen molar-refractivity contribution in [1.82, 2.24) is 10.2 Å². The molecule has 4 atom stereocenters. The van der Waals surface area contributed by atoms with Crippen molar-refractivity contribution in [2.45, 2.75) is 44.9 Å². The summed E-state index contributed by atoms with van der Waals surface area (Å²) < 4.78 is 6.03. The van der Waals surface area contributed by atoms with Gasteiger partial charge in [-0.25, -0.2) is 0 Å². The summed E-state index contributed by atoms with van der Waals surface area (Å²) in [7, 11) is 4.96. The van der Waals surface area contributed by atoms with Crippen LogP contribution >= 0.6 is 0 Å². The van der Waals surface area contributed by atoms with Crippen LogP contribution in [0, 0.1) is 11.8 Å². The van der Waals surface area contributed by atoms with Gasteiger partial charge in [-0.1, -0.05) is 24.3 Å². The van der Waals surface area contributed by atoms with Crippen LogP contribution in [0.15, 0.2) is 69.6 Å². The Hall–Kier alpha value is -3.73. The first-order valence-corrected chi connectivity index (χ1v) is 12.7. The van der Waals surface area contributed by atoms with E-state index in [2.05, 4.69) is 11.9 Å². The predicted octanol–water partition coefficient (Wildman–Crippen LogP) is 2.48. The molecule has 10 heteroatoms. The second-order valence-electron chi connectivity index (χ2n) is 10.3. The van der Waals surface area contributed by atoms with Gasteiger partial charge >= 0.3 is 0 Å². The summed E-state index contributed by atoms with van der Waals surface area (Å²) in [5.74, 6) is -4.56. The number of aliphatic hydroxyl groups excluding tert-OH is 2. The largest absolute Gasteiger partial charge is 0.515 e. The molecule has 210 valence electrons. The number of aliphatic hydroxyl groups is 3. The highest BCUT2D eigenvalue weighted by molar-refractivity contribution is 6.24. The Morgan fingerprint density at radius 2 is 2.00 bits per heavy atom. The number of carbonyl (C=O) groups excluding carboxylic acids is 3. The van der Waals surface area contributed by atoms with E-state index in [1.807, 2.05) is 45.2 Å². The lowest BCUT2D eigenvalue weighted by Crippen LogP contribution is -2.65. The molecule has 0 aliphatic heterocycles. The molecule has 39 heavy (non-hydrogen) atoms. The van der Waals surface area contributed by atoms with E-state index in [0.29, 0.717) is 24.1 Å². The minimum absolute atomic E-state index is 0.0301. The Balaban J connectivity index is 2.18. The molecule has 1 heterocycles. The molecule has 0 spiro atoms. The highest BCUT2D eigenvalue weighted by Crippen LogP contribution is 2.50. The van der Waals surface area contributed by atoms with Gasteiger partial charge in [0.25, 0.3) is 5.91 Å². The predicted molar refractivity (Wildman–Crippen MR) is 146 cm³/mol. The first-order chi connectivity index (χ1) is 18.3. The minimum Gasteiger partial charge on any atom is -0.515 e. The lowest BCUT2D eigenvalue weighted by atomic mass is 9.59. The second-order valence-corrected chi connectivity index (χ2v) is 10.3. The van der Waals surface area contributed by atoms with Crippen LogP contribution in [-0.2, 0) is 20.9 Å². The van der Waals surface area contributed by atoms with Crippen LogP contribution in [0.5, 0.6) is 0 Å². The van der Waals surface area contributed by atoms with Crippen LogP contribution in [0.3, 0.4) is 0 Å². The molecule has 1 saturated carbocycles. The molecule has 1 aromatic rings. The number of hydrogen-bond donors (Lipinski definition) is 5. The van der Waals surface area contributed by atoms with Crippen LogP contribution in [0.1, 0.15) is 38.2 Å². The number of Topliss-reactive ketones (excluding diaryl/α,β-unsaturated/α-hetero) is 2. The number of rotatable bonds is 9. The Morgan fingerprint density at radius 3 is 2.51 bits per heavy atom. The summed E-state index contributed by atoms with van der Waals surface area (Å²) in [6.45, 7) is 8.34. The van der Waals surface area contributed by atoms with Gasteiger partial charge in [-0.2, -0.15) is 0 Å². The molecule has 0 unspecified atom stereocenters. The summed E-state index contributed by atoms with van der Waals surface area (Å²) in [4.78, 5) is 40.5. The molecule has 0 aromatic carbocycles. The molecular formula is C29H37N3O7. The van der Waals surface area contributed by atoms with Gasteiger partial charge in [-0.15, -0.1) is 0 Å². The highest BCUT2D eigenvalue weighted by atomic mass is 16.4. The number of carbonyl (C=O) groups is 3. The average molecular weight is 540 g/mol. The van der Waals surface area contributed by atoms with Gasteiger partial charge in [-0.05, 0) is 71.5 Å². The number of ketones is 2. The number of fused-ring (bicyclic) bond motifs is 1. The normalized spacial score (nSPS) is 27.4. The van der Waals surface area contributed by atoms with Gasteiger partial charge < -0.3 is 30.8 Å². The fourth-order valence-electron chi connectivity index (χ4n) is 5.70. The summed E-state index contributed by atoms with van der Waals surface area (Å²) >= 11 is 0. The summed E-state index contributed by atoms with van der Waals surface area (Å²) in [6.07, 6.45) is 4.58. The molecule has 2 aliphatic rings. The number of nitrogens with zero attached hydrogens (tertiary/aromatic N) is 1. The van der Waals surface area contributed by atoms with Crippen LogP contribution in [0.4, 0.5) is 0 Å². The quantitative estimate of drug-likeness (QED) is 0.137. The third-order valence-electron chi connectivity index (χ3n) is 7.46. The van der Waals surface area contributed by atoms with E-state index in [0.717, 1.165) is 16.9 Å². The molecule has 1 aromatic heterocycles. The van der Waals surface area contributed by atoms with Gasteiger partial charge in [0.15, 0.2) is 11.4 Å². The number of allylic oxidation sites excluding steroid dienone is 5. The van der Waals surface area contributed by atoms with Crippen molar-refractivity contribution < 1.29 is 34.1 Å². The maximum atomic E-state index is 13.7. The first-order valence-electron chi connectivity index (χ1n) is 12.7. The van der Waals surface area contributed by atoms with E-state index < -0.39 is 52.3 Å². The minimum atomic E-state index is -2.61. The van der Waals surface area contributed by atoms with Crippen LogP contribution < -0.4 is 11.1 Å². The standard InChI is InChI=1S/C29H37N3O7/c1-7-8-18(22-10-9-17(39-22)13-31-4)19(15(2)3)11-16-12-21-24(32(5)6)25(34)23(28(30)37)27(36)29(21,38)26(35)20(16)14-33/h7-10,14,16,21,24,31,33,36,38H,2,11-13H2,1,3-6H3,(H2,30,37)/b8-7-,19-18+,20-14?/t16-,21-,24-,29-/m0/s1. The molecule has 1 fully saturated rings. The van der Waals surface area contributed by atoms with Crippen molar-refractivity contribution in [3.8, 4) is 0 Å². The van der Waals surface area contributed by atoms with Crippen molar-refractivity contribution in [2.24, 2.45) is 17.6 Å². The number of furan rings is 1. The van der Waals surface area contributed by atoms with Crippen LogP contribution in [0.2, 0.25) is 0 Å². The van der Waals surface area contributed by atoms with Crippen molar-refractivity contribution in [1.29, 1.82) is 0 Å². The first kappa shape index (κ1) is 29.8. The molecule has 6 N–H and O–H groups in total. The second kappa shape index (κ2) is 11.6. The van der Waals surface area contributed by atoms with Gasteiger partial charge in [0.1, 0.15) is 22.9 Å². The SMILES string of the molecule is C=C(C)/C(C[C@H]1C[C@H]2[C@H](N(C)C)C(=O)C(C(N)=O)=C(O)[C@@]2(O)C(=O)C1=CO)=C(\C=C/C)c1ccc(CNC)o1. The van der Waals surface area contributed by atoms with E-state index in [1.165, 1.54) is 4.90 Å². The number of primary amides is 1. The van der Waals surface area contributed by atoms with Crippen molar-refractivity contribution in [2.75, 3.05) is 21.1 Å². The molecule has 10 nitrogen and oxygen atoms in total. The third kappa shape index (κ3) is 5.15. The zero-order valence-electron chi connectivity index (χ0n) is 22.9. The van der Waals surface area contributed by atoms with Crippen LogP contribution in [0.25, 0.3) is 5.57 Å². The van der Waals surface area contributed by atoms with Crippen molar-refractivity contribution in [3.63, 3.8) is 0 Å². The van der Waals surface area contributed by atoms with E-state index in [4.69, 9.17) is 10.2 Å². The maximum absolute atomic E-state index is 13.7. The fourth-order valence-corrected chi connectivity index (χ4v) is 5.70. The Morgan fingerprint density at radius 1 is 1.33 bits per heavy atom. The fraction of sp³-hybridized carbons (Fsp3) is 0.414. The molecule has 1 amide bonds. The molecule has 0 bridgehead atoms. The summed E-state index contributed by atoms with van der Waals surface area (Å²) in [5, 5.41) is 35.7. The number of amides is 1. The maximum Gasteiger partial charge on any atom is 0.255 e. The zero-order valence-corrected chi connectivity index (χ0v) is 22.9. The van der Waals surface area contributed by atoms with Gasteiger partial charge in [0.2, 0.25) is 5.78 Å². The van der Waals surface area contributed by atoms with E-state index in [-0.39, 0.29) is 18.4 Å². The van der Waals surface area contributed by atoms with Gasteiger partial charge in [0, 0.05) is 17.1 Å². The lowest BCUT2D eigenvalue weighted by molar-refractivity contribution is -0.153. The number of hydrogen-bond acceptors (Lipinski definition) is 9. The average Bonchev–Trinajstić information content (AvgIpc) is 3.31. The van der Waals surface area contributed by atoms with E-state index >= 15 is 0 Å². The topological polar surface area (TPSA) is 166 Å². The van der Waals surface area contributed by atoms with Crippen LogP contribution in [-0.4, -0.2) is 70.5 Å². The van der Waals surface area contributed by atoms with Crippen molar-refractivity contribution in [3.05, 3.63) is 76.7 Å². The smallest absolute Gasteiger partial charge is 0.255 e. The highest BCUT2D eigenvalue weighted by Gasteiger charge is 2.63. The number of nitrogens with one attached hydrogen (secondary N) is 1. The van der Waals surface area contributed by atoms with Crippen molar-refractivity contribution >= 4 is 23.0 Å². The Bertz CT molecular complexity index is 1310. The van der Waals surface area contributed by atoms with E-state index in [1.54, 1.807) is 14.1 Å². The molecule has 2 aliphatic carbocycles. The molecule has 0 radical (unpaired) electrons. The Labute approximate surface area is 227 Å².